The molecule has 0 aliphatic rings. The first-order valence-corrected chi connectivity index (χ1v) is 15.1. The lowest BCUT2D eigenvalue weighted by atomic mass is 9.95. The van der Waals surface area contributed by atoms with Crippen molar-refractivity contribution in [1.29, 1.82) is 0 Å². The number of benzene rings is 5. The van der Waals surface area contributed by atoms with Crippen LogP contribution >= 0.6 is 0 Å². The summed E-state index contributed by atoms with van der Waals surface area (Å²) >= 11 is 0. The van der Waals surface area contributed by atoms with Crippen LogP contribution in [0.15, 0.2) is 121 Å². The minimum Gasteiger partial charge on any atom is -0.354 e. The van der Waals surface area contributed by atoms with Gasteiger partial charge in [0.1, 0.15) is 0 Å². The lowest BCUT2D eigenvalue weighted by Crippen LogP contribution is -2.01. The van der Waals surface area contributed by atoms with E-state index in [9.17, 15) is 0 Å². The molecule has 7 rings (SSSR count). The molecular weight excluding hydrogens is 522 g/mol. The summed E-state index contributed by atoms with van der Waals surface area (Å²) in [6.45, 7) is 8.67. The van der Waals surface area contributed by atoms with Gasteiger partial charge in [0.15, 0.2) is 5.82 Å². The fourth-order valence-corrected chi connectivity index (χ4v) is 5.73. The van der Waals surface area contributed by atoms with E-state index in [1.54, 1.807) is 0 Å². The van der Waals surface area contributed by atoms with E-state index in [-0.39, 0.29) is 0 Å². The molecule has 3 heteroatoms. The third-order valence-electron chi connectivity index (χ3n) is 8.26. The van der Waals surface area contributed by atoms with Crippen LogP contribution in [-0.4, -0.2) is 15.0 Å². The second-order valence-corrected chi connectivity index (χ2v) is 11.1. The van der Waals surface area contributed by atoms with Crippen LogP contribution in [0.1, 0.15) is 49.8 Å². The SMILES string of the molecule is C/C=C\c1cc2[nH]c3ccc4ccccc4c3c2cc1C.CCC(C)c1cnc(-c2ccccc2)nc1-c1ccccc1. The van der Waals surface area contributed by atoms with Gasteiger partial charge < -0.3 is 4.98 Å². The number of aromatic nitrogens is 3. The second-order valence-electron chi connectivity index (χ2n) is 11.1. The van der Waals surface area contributed by atoms with Crippen LogP contribution in [0.4, 0.5) is 0 Å². The number of H-pyrrole nitrogens is 1. The first-order chi connectivity index (χ1) is 21.1. The highest BCUT2D eigenvalue weighted by Gasteiger charge is 2.15. The highest BCUT2D eigenvalue weighted by Crippen LogP contribution is 2.34. The fourth-order valence-electron chi connectivity index (χ4n) is 5.73. The molecule has 0 saturated carbocycles. The number of hydrogen-bond acceptors (Lipinski definition) is 2. The summed E-state index contributed by atoms with van der Waals surface area (Å²) in [4.78, 5) is 13.0. The number of fused-ring (bicyclic) bond motifs is 5. The number of allylic oxidation sites excluding steroid dienone is 1. The molecule has 1 N–H and O–H groups in total. The Bertz CT molecular complexity index is 2040. The Morgan fingerprint density at radius 3 is 2.19 bits per heavy atom. The third kappa shape index (κ3) is 5.72. The molecule has 1 atom stereocenters. The summed E-state index contributed by atoms with van der Waals surface area (Å²) in [5, 5.41) is 5.26. The normalized spacial score (nSPS) is 12.1. The molecule has 7 aromatic rings. The number of nitrogens with one attached hydrogen (secondary N) is 1. The Hall–Kier alpha value is -5.02. The van der Waals surface area contributed by atoms with E-state index >= 15 is 0 Å². The van der Waals surface area contributed by atoms with Crippen molar-refractivity contribution in [2.45, 2.75) is 40.0 Å². The molecule has 0 radical (unpaired) electrons. The van der Waals surface area contributed by atoms with E-state index in [1.807, 2.05) is 42.6 Å². The maximum Gasteiger partial charge on any atom is 0.159 e. The summed E-state index contributed by atoms with van der Waals surface area (Å²) in [7, 11) is 0. The predicted octanol–water partition coefficient (Wildman–Crippen LogP) is 11.1. The first-order valence-electron chi connectivity index (χ1n) is 15.1. The van der Waals surface area contributed by atoms with Gasteiger partial charge in [-0.1, -0.05) is 117 Å². The summed E-state index contributed by atoms with van der Waals surface area (Å²) < 4.78 is 0. The van der Waals surface area contributed by atoms with Crippen molar-refractivity contribution in [3.63, 3.8) is 0 Å². The zero-order chi connectivity index (χ0) is 29.8. The van der Waals surface area contributed by atoms with Gasteiger partial charge in [-0.15, -0.1) is 0 Å². The Kier molecular flexibility index (Phi) is 8.15. The molecule has 3 nitrogen and oxygen atoms in total. The standard InChI is InChI=1S/C20H20N2.C20H17N/c1-3-15(2)18-14-21-20(17-12-8-5-9-13-17)22-19(18)16-10-6-4-7-11-16;1-3-6-15-12-19-17(11-13(15)2)20-16-8-5-4-7-14(16)9-10-18(20)21-19/h4-15H,3H2,1-2H3;3-12,21H,1-2H3/b;6-3-. The summed E-state index contributed by atoms with van der Waals surface area (Å²) in [6, 6.07) is 38.0. The van der Waals surface area contributed by atoms with E-state index in [2.05, 4.69) is 123 Å². The van der Waals surface area contributed by atoms with E-state index in [4.69, 9.17) is 4.98 Å². The van der Waals surface area contributed by atoms with Gasteiger partial charge in [-0.05, 0) is 71.8 Å². The molecule has 0 aliphatic carbocycles. The maximum atomic E-state index is 4.87. The largest absolute Gasteiger partial charge is 0.354 e. The third-order valence-corrected chi connectivity index (χ3v) is 8.26. The van der Waals surface area contributed by atoms with E-state index in [0.717, 1.165) is 29.1 Å². The van der Waals surface area contributed by atoms with Gasteiger partial charge in [0.05, 0.1) is 5.69 Å². The molecule has 0 amide bonds. The summed E-state index contributed by atoms with van der Waals surface area (Å²) in [5.41, 5.74) is 9.47. The maximum absolute atomic E-state index is 4.87. The van der Waals surface area contributed by atoms with Crippen molar-refractivity contribution < 1.29 is 0 Å². The average molecular weight is 560 g/mol. The first kappa shape index (κ1) is 28.1. The van der Waals surface area contributed by atoms with Crippen LogP contribution in [0, 0.1) is 6.92 Å². The van der Waals surface area contributed by atoms with Gasteiger partial charge in [0.25, 0.3) is 0 Å². The number of nitrogens with zero attached hydrogens (tertiary/aromatic N) is 2. The van der Waals surface area contributed by atoms with E-state index < -0.39 is 0 Å². The number of rotatable bonds is 5. The predicted molar refractivity (Wildman–Crippen MR) is 184 cm³/mol. The molecular formula is C40H37N3. The minimum absolute atomic E-state index is 0.444. The van der Waals surface area contributed by atoms with Gasteiger partial charge in [-0.3, -0.25) is 0 Å². The number of aryl methyl sites for hydroxylation is 1. The minimum atomic E-state index is 0.444. The molecule has 0 bridgehead atoms. The molecule has 5 aromatic carbocycles. The van der Waals surface area contributed by atoms with Crippen molar-refractivity contribution in [2.75, 3.05) is 0 Å². The quantitative estimate of drug-likeness (QED) is 0.228. The molecule has 2 heterocycles. The van der Waals surface area contributed by atoms with Crippen molar-refractivity contribution in [3.8, 4) is 22.6 Å². The van der Waals surface area contributed by atoms with Crippen LogP contribution in [0.3, 0.4) is 0 Å². The molecule has 0 aliphatic heterocycles. The van der Waals surface area contributed by atoms with E-state index in [1.165, 1.54) is 49.3 Å². The highest BCUT2D eigenvalue weighted by molar-refractivity contribution is 6.20. The van der Waals surface area contributed by atoms with Gasteiger partial charge in [-0.2, -0.15) is 0 Å². The van der Waals surface area contributed by atoms with Gasteiger partial charge in [-0.25, -0.2) is 9.97 Å². The van der Waals surface area contributed by atoms with Crippen molar-refractivity contribution in [3.05, 3.63) is 138 Å². The van der Waals surface area contributed by atoms with Gasteiger partial charge in [0.2, 0.25) is 0 Å². The van der Waals surface area contributed by atoms with Crippen molar-refractivity contribution in [2.24, 2.45) is 0 Å². The van der Waals surface area contributed by atoms with Crippen LogP contribution < -0.4 is 0 Å². The Morgan fingerprint density at radius 2 is 1.47 bits per heavy atom. The van der Waals surface area contributed by atoms with Crippen LogP contribution in [-0.2, 0) is 0 Å². The van der Waals surface area contributed by atoms with Crippen LogP contribution in [0.25, 0.3) is 61.3 Å². The summed E-state index contributed by atoms with van der Waals surface area (Å²) in [6.07, 6.45) is 7.32. The molecule has 0 saturated heterocycles. The zero-order valence-corrected chi connectivity index (χ0v) is 25.3. The van der Waals surface area contributed by atoms with E-state index in [0.29, 0.717) is 5.92 Å². The van der Waals surface area contributed by atoms with Crippen LogP contribution in [0.2, 0.25) is 0 Å². The fraction of sp³-hybridized carbons (Fsp3) is 0.150. The molecule has 0 spiro atoms. The molecule has 0 fully saturated rings. The zero-order valence-electron chi connectivity index (χ0n) is 25.3. The average Bonchev–Trinajstić information content (AvgIpc) is 3.43. The molecule has 43 heavy (non-hydrogen) atoms. The van der Waals surface area contributed by atoms with Gasteiger partial charge in [0, 0.05) is 39.1 Å². The lowest BCUT2D eigenvalue weighted by molar-refractivity contribution is 0.727. The highest BCUT2D eigenvalue weighted by atomic mass is 14.9. The summed E-state index contributed by atoms with van der Waals surface area (Å²) in [5.74, 6) is 1.23. The number of aromatic amines is 1. The van der Waals surface area contributed by atoms with Crippen molar-refractivity contribution in [1.82, 2.24) is 15.0 Å². The molecule has 212 valence electrons. The Balaban J connectivity index is 0.000000153. The second kappa shape index (κ2) is 12.5. The monoisotopic (exact) mass is 559 g/mol. The Morgan fingerprint density at radius 1 is 0.767 bits per heavy atom. The topological polar surface area (TPSA) is 41.6 Å². The Labute approximate surface area is 254 Å². The smallest absolute Gasteiger partial charge is 0.159 e. The molecule has 2 aromatic heterocycles. The van der Waals surface area contributed by atoms with Crippen LogP contribution in [0.5, 0.6) is 0 Å². The van der Waals surface area contributed by atoms with Crippen molar-refractivity contribution >= 4 is 38.7 Å². The lowest BCUT2D eigenvalue weighted by Gasteiger charge is -2.15. The van der Waals surface area contributed by atoms with Gasteiger partial charge >= 0.3 is 0 Å². The number of hydrogen-bond donors (Lipinski definition) is 1. The molecule has 1 unspecified atom stereocenters.